The molecule has 1 rings (SSSR count). The van der Waals surface area contributed by atoms with E-state index in [0.717, 1.165) is 38.4 Å². The Morgan fingerprint density at radius 1 is 0.812 bits per heavy atom. The van der Waals surface area contributed by atoms with Crippen LogP contribution in [0, 0.1) is 5.92 Å². The molecule has 1 aliphatic heterocycles. The molecule has 2 atom stereocenters. The van der Waals surface area contributed by atoms with Crippen molar-refractivity contribution in [1.82, 2.24) is 15.5 Å². The number of carbonyl (C=O) groups is 1. The number of hydrogen-bond donors (Lipinski definition) is 2. The molecule has 0 aromatic rings. The first-order chi connectivity index (χ1) is 15.7. The number of urea groups is 1. The highest BCUT2D eigenvalue weighted by Gasteiger charge is 2.23. The maximum Gasteiger partial charge on any atom is 0.316 e. The Hall–Kier alpha value is -0.770. The molecule has 0 spiro atoms. The Balaban J connectivity index is 1.84. The van der Waals surface area contributed by atoms with Gasteiger partial charge in [-0.05, 0) is 31.6 Å². The lowest BCUT2D eigenvalue weighted by Gasteiger charge is -2.37. The van der Waals surface area contributed by atoms with Gasteiger partial charge in [-0.1, -0.05) is 117 Å². The first-order valence-electron chi connectivity index (χ1n) is 14.5. The van der Waals surface area contributed by atoms with Crippen LogP contribution in [0.1, 0.15) is 143 Å². The highest BCUT2D eigenvalue weighted by molar-refractivity contribution is 5.74. The minimum absolute atomic E-state index is 0.0102. The zero-order chi connectivity index (χ0) is 23.3. The third-order valence-corrected chi connectivity index (χ3v) is 7.13. The van der Waals surface area contributed by atoms with Gasteiger partial charge in [0.05, 0.1) is 6.17 Å². The number of nitrogens with one attached hydrogen (secondary N) is 2. The van der Waals surface area contributed by atoms with Gasteiger partial charge in [-0.3, -0.25) is 4.90 Å². The van der Waals surface area contributed by atoms with Crippen molar-refractivity contribution in [3.05, 3.63) is 0 Å². The van der Waals surface area contributed by atoms with E-state index >= 15 is 0 Å². The van der Waals surface area contributed by atoms with Gasteiger partial charge in [-0.25, -0.2) is 4.79 Å². The van der Waals surface area contributed by atoms with E-state index < -0.39 is 0 Å². The van der Waals surface area contributed by atoms with Crippen molar-refractivity contribution >= 4 is 6.03 Å². The van der Waals surface area contributed by atoms with Crippen molar-refractivity contribution in [2.24, 2.45) is 5.92 Å². The van der Waals surface area contributed by atoms with Crippen molar-refractivity contribution in [3.8, 4) is 0 Å². The largest absolute Gasteiger partial charge is 0.338 e. The molecule has 2 N–H and O–H groups in total. The van der Waals surface area contributed by atoms with E-state index in [1.807, 2.05) is 0 Å². The fourth-order valence-corrected chi connectivity index (χ4v) is 5.04. The van der Waals surface area contributed by atoms with Gasteiger partial charge >= 0.3 is 6.03 Å². The average Bonchev–Trinajstić information content (AvgIpc) is 2.79. The first kappa shape index (κ1) is 29.3. The maximum absolute atomic E-state index is 12.2. The molecule has 4 nitrogen and oxygen atoms in total. The number of rotatable bonds is 20. The minimum atomic E-state index is 0.0102. The second-order valence-corrected chi connectivity index (χ2v) is 10.4. The van der Waals surface area contributed by atoms with Crippen LogP contribution >= 0.6 is 0 Å². The SMILES string of the molecule is CCCCCCCCCCCCCCCCCCNC(=O)NC(CC)N1CCCC(C)C1. The molecule has 1 saturated heterocycles. The highest BCUT2D eigenvalue weighted by Crippen LogP contribution is 2.18. The topological polar surface area (TPSA) is 44.4 Å². The van der Waals surface area contributed by atoms with Crippen LogP contribution < -0.4 is 10.6 Å². The van der Waals surface area contributed by atoms with Gasteiger partial charge in [0.15, 0.2) is 0 Å². The summed E-state index contributed by atoms with van der Waals surface area (Å²) in [6.45, 7) is 9.80. The summed E-state index contributed by atoms with van der Waals surface area (Å²) in [5.41, 5.74) is 0. The van der Waals surface area contributed by atoms with Crippen molar-refractivity contribution < 1.29 is 4.79 Å². The number of carbonyl (C=O) groups excluding carboxylic acids is 1. The van der Waals surface area contributed by atoms with Crippen LogP contribution in [-0.2, 0) is 0 Å². The van der Waals surface area contributed by atoms with Crippen LogP contribution in [0.2, 0.25) is 0 Å². The van der Waals surface area contributed by atoms with Gasteiger partial charge in [-0.2, -0.15) is 0 Å². The van der Waals surface area contributed by atoms with Crippen LogP contribution in [0.4, 0.5) is 4.79 Å². The monoisotopic (exact) mass is 451 g/mol. The van der Waals surface area contributed by atoms with Crippen LogP contribution in [0.15, 0.2) is 0 Å². The van der Waals surface area contributed by atoms with E-state index in [-0.39, 0.29) is 12.2 Å². The number of hydrogen-bond acceptors (Lipinski definition) is 2. The molecule has 0 bridgehead atoms. The summed E-state index contributed by atoms with van der Waals surface area (Å²) >= 11 is 0. The van der Waals surface area contributed by atoms with E-state index in [2.05, 4.69) is 36.3 Å². The van der Waals surface area contributed by atoms with Crippen molar-refractivity contribution in [1.29, 1.82) is 0 Å². The summed E-state index contributed by atoms with van der Waals surface area (Å²) in [6.07, 6.45) is 25.8. The molecule has 0 aromatic heterocycles. The number of amides is 2. The van der Waals surface area contributed by atoms with Crippen molar-refractivity contribution in [2.45, 2.75) is 149 Å². The molecule has 1 aliphatic rings. The normalized spacial score (nSPS) is 17.9. The standard InChI is InChI=1S/C28H57N3O/c1-4-6-7-8-9-10-11-12-13-14-15-16-17-18-19-20-23-29-28(32)30-27(5-2)31-24-21-22-26(3)25-31/h26-27H,4-25H2,1-3H3,(H2,29,30,32). The number of likely N-dealkylation sites (tertiary alicyclic amines) is 1. The number of unbranched alkanes of at least 4 members (excludes halogenated alkanes) is 15. The second kappa shape index (κ2) is 20.8. The Morgan fingerprint density at radius 3 is 1.78 bits per heavy atom. The fourth-order valence-electron chi connectivity index (χ4n) is 5.04. The molecule has 0 saturated carbocycles. The summed E-state index contributed by atoms with van der Waals surface area (Å²) in [6, 6.07) is 0.0102. The van der Waals surface area contributed by atoms with Crippen LogP contribution in [0.3, 0.4) is 0 Å². The molecule has 190 valence electrons. The van der Waals surface area contributed by atoms with E-state index in [1.54, 1.807) is 0 Å². The third-order valence-electron chi connectivity index (χ3n) is 7.13. The van der Waals surface area contributed by atoms with Gasteiger partial charge in [-0.15, -0.1) is 0 Å². The van der Waals surface area contributed by atoms with Gasteiger partial charge in [0.2, 0.25) is 0 Å². The molecule has 32 heavy (non-hydrogen) atoms. The van der Waals surface area contributed by atoms with Gasteiger partial charge in [0.25, 0.3) is 0 Å². The Morgan fingerprint density at radius 2 is 1.31 bits per heavy atom. The molecule has 0 aromatic carbocycles. The Kier molecular flexibility index (Phi) is 19.0. The van der Waals surface area contributed by atoms with Gasteiger partial charge < -0.3 is 10.6 Å². The predicted molar refractivity (Wildman–Crippen MR) is 140 cm³/mol. The van der Waals surface area contributed by atoms with Gasteiger partial charge in [0.1, 0.15) is 0 Å². The van der Waals surface area contributed by atoms with Crippen molar-refractivity contribution in [2.75, 3.05) is 19.6 Å². The zero-order valence-electron chi connectivity index (χ0n) is 22.1. The Bertz CT molecular complexity index is 429. The third kappa shape index (κ3) is 15.9. The van der Waals surface area contributed by atoms with Crippen LogP contribution in [0.25, 0.3) is 0 Å². The first-order valence-corrected chi connectivity index (χ1v) is 14.5. The highest BCUT2D eigenvalue weighted by atomic mass is 16.2. The fraction of sp³-hybridized carbons (Fsp3) is 0.964. The van der Waals surface area contributed by atoms with E-state index in [9.17, 15) is 4.79 Å². The lowest BCUT2D eigenvalue weighted by atomic mass is 9.99. The molecule has 1 heterocycles. The summed E-state index contributed by atoms with van der Waals surface area (Å²) in [5.74, 6) is 0.743. The van der Waals surface area contributed by atoms with E-state index in [4.69, 9.17) is 0 Å². The number of nitrogens with zero attached hydrogens (tertiary/aromatic N) is 1. The Labute approximate surface area is 201 Å². The predicted octanol–water partition coefficient (Wildman–Crippen LogP) is 8.02. The molecular weight excluding hydrogens is 394 g/mol. The summed E-state index contributed by atoms with van der Waals surface area (Å²) in [5, 5.41) is 6.26. The molecule has 2 amide bonds. The molecule has 2 unspecified atom stereocenters. The molecule has 4 heteroatoms. The van der Waals surface area contributed by atoms with E-state index in [1.165, 1.54) is 109 Å². The van der Waals surface area contributed by atoms with Crippen LogP contribution in [-0.4, -0.2) is 36.7 Å². The smallest absolute Gasteiger partial charge is 0.316 e. The van der Waals surface area contributed by atoms with E-state index in [0.29, 0.717) is 0 Å². The van der Waals surface area contributed by atoms with Crippen molar-refractivity contribution in [3.63, 3.8) is 0 Å². The molecule has 0 aliphatic carbocycles. The molecular formula is C28H57N3O. The van der Waals surface area contributed by atoms with Gasteiger partial charge in [0, 0.05) is 19.6 Å². The lowest BCUT2D eigenvalue weighted by molar-refractivity contribution is 0.109. The average molecular weight is 452 g/mol. The maximum atomic E-state index is 12.2. The summed E-state index contributed by atoms with van der Waals surface area (Å²) in [7, 11) is 0. The van der Waals surface area contributed by atoms with Crippen LogP contribution in [0.5, 0.6) is 0 Å². The quantitative estimate of drug-likeness (QED) is 0.184. The summed E-state index contributed by atoms with van der Waals surface area (Å²) < 4.78 is 0. The second-order valence-electron chi connectivity index (χ2n) is 10.4. The minimum Gasteiger partial charge on any atom is -0.338 e. The zero-order valence-corrected chi connectivity index (χ0v) is 22.1. The number of piperidine rings is 1. The molecule has 0 radical (unpaired) electrons. The summed E-state index contributed by atoms with van der Waals surface area (Å²) in [4.78, 5) is 14.7. The molecule has 1 fully saturated rings. The lowest BCUT2D eigenvalue weighted by Crippen LogP contribution is -2.53.